The number of nitriles is 1. The molecule has 0 bridgehead atoms. The van der Waals surface area contributed by atoms with E-state index in [0.29, 0.717) is 11.4 Å². The second-order valence-electron chi connectivity index (χ2n) is 4.94. The van der Waals surface area contributed by atoms with Crippen molar-refractivity contribution in [2.45, 2.75) is 5.92 Å². The van der Waals surface area contributed by atoms with Crippen molar-refractivity contribution in [3.05, 3.63) is 84.2 Å². The van der Waals surface area contributed by atoms with Crippen LogP contribution >= 0.6 is 0 Å². The molecule has 3 rings (SSSR count). The molecule has 0 fully saturated rings. The van der Waals surface area contributed by atoms with Gasteiger partial charge in [-0.2, -0.15) is 5.26 Å². The normalized spacial score (nSPS) is 11.7. The third-order valence-corrected chi connectivity index (χ3v) is 3.49. The number of pyridine rings is 1. The van der Waals surface area contributed by atoms with Gasteiger partial charge in [0.1, 0.15) is 5.82 Å². The fraction of sp³-hybridized carbons (Fsp3) is 0.0556. The first-order valence-corrected chi connectivity index (χ1v) is 6.98. The van der Waals surface area contributed by atoms with Crippen LogP contribution in [0.5, 0.6) is 0 Å². The molecule has 1 aromatic carbocycles. The molecule has 0 spiro atoms. The topological polar surface area (TPSA) is 58.7 Å². The first-order chi connectivity index (χ1) is 11.2. The molecular weight excluding hydrogens is 293 g/mol. The minimum Gasteiger partial charge on any atom is -0.321 e. The number of ketones is 1. The average molecular weight is 305 g/mol. The minimum atomic E-state index is -1.05. The Morgan fingerprint density at radius 1 is 1.17 bits per heavy atom. The number of benzene rings is 1. The molecular formula is C18H12FN3O. The van der Waals surface area contributed by atoms with Gasteiger partial charge in [0.05, 0.1) is 17.5 Å². The van der Waals surface area contributed by atoms with Gasteiger partial charge in [0.15, 0.2) is 11.7 Å². The quantitative estimate of drug-likeness (QED) is 0.693. The zero-order valence-electron chi connectivity index (χ0n) is 12.1. The summed E-state index contributed by atoms with van der Waals surface area (Å²) in [7, 11) is 0. The fourth-order valence-electron chi connectivity index (χ4n) is 2.34. The summed E-state index contributed by atoms with van der Waals surface area (Å²) in [5.41, 5.74) is 0.850. The van der Waals surface area contributed by atoms with Gasteiger partial charge < -0.3 is 4.57 Å². The first-order valence-electron chi connectivity index (χ1n) is 6.98. The molecule has 0 radical (unpaired) electrons. The van der Waals surface area contributed by atoms with E-state index in [0.717, 1.165) is 6.07 Å². The van der Waals surface area contributed by atoms with Crippen molar-refractivity contribution < 1.29 is 9.18 Å². The number of rotatable bonds is 4. The van der Waals surface area contributed by atoms with Crippen molar-refractivity contribution in [2.24, 2.45) is 0 Å². The maximum Gasteiger partial charge on any atom is 0.186 e. The van der Waals surface area contributed by atoms with Crippen molar-refractivity contribution in [3.8, 4) is 11.8 Å². The van der Waals surface area contributed by atoms with Crippen LogP contribution in [0.25, 0.3) is 5.69 Å². The molecule has 1 atom stereocenters. The van der Waals surface area contributed by atoms with Crippen molar-refractivity contribution in [2.75, 3.05) is 0 Å². The molecule has 2 aromatic heterocycles. The number of nitrogens with zero attached hydrogens (tertiary/aromatic N) is 3. The zero-order valence-corrected chi connectivity index (χ0v) is 12.1. The van der Waals surface area contributed by atoms with Gasteiger partial charge in [-0.1, -0.05) is 6.07 Å². The van der Waals surface area contributed by atoms with Crippen LogP contribution in [0.4, 0.5) is 4.39 Å². The lowest BCUT2D eigenvalue weighted by Gasteiger charge is -2.10. The highest BCUT2D eigenvalue weighted by Gasteiger charge is 2.23. The lowest BCUT2D eigenvalue weighted by molar-refractivity contribution is 0.0977. The molecule has 112 valence electrons. The third-order valence-electron chi connectivity index (χ3n) is 3.49. The van der Waals surface area contributed by atoms with Crippen molar-refractivity contribution in [1.82, 2.24) is 9.55 Å². The predicted molar refractivity (Wildman–Crippen MR) is 82.6 cm³/mol. The van der Waals surface area contributed by atoms with E-state index in [9.17, 15) is 14.4 Å². The Balaban J connectivity index is 1.94. The number of aromatic nitrogens is 2. The van der Waals surface area contributed by atoms with Crippen LogP contribution < -0.4 is 0 Å². The van der Waals surface area contributed by atoms with E-state index in [2.05, 4.69) is 4.98 Å². The van der Waals surface area contributed by atoms with Crippen molar-refractivity contribution in [3.63, 3.8) is 0 Å². The van der Waals surface area contributed by atoms with E-state index in [1.807, 2.05) is 6.07 Å². The standard InChI is InChI=1S/C18H12FN3O/c19-15-11-13(6-7-17(15)22-9-3-4-10-22)18(23)14(12-20)16-5-1-2-8-21-16/h1-11,14H/t14-/m0/s1. The molecule has 0 saturated carbocycles. The monoisotopic (exact) mass is 305 g/mol. The fourth-order valence-corrected chi connectivity index (χ4v) is 2.34. The second kappa shape index (κ2) is 6.24. The maximum atomic E-state index is 14.3. The van der Waals surface area contributed by atoms with Gasteiger partial charge in [-0.05, 0) is 42.5 Å². The van der Waals surface area contributed by atoms with Crippen LogP contribution in [0.2, 0.25) is 0 Å². The summed E-state index contributed by atoms with van der Waals surface area (Å²) in [5.74, 6) is -2.04. The highest BCUT2D eigenvalue weighted by molar-refractivity contribution is 6.02. The SMILES string of the molecule is N#C[C@H](C(=O)c1ccc(-n2cccc2)c(F)c1)c1ccccn1. The average Bonchev–Trinajstić information content (AvgIpc) is 3.10. The van der Waals surface area contributed by atoms with Gasteiger partial charge in [0.2, 0.25) is 0 Å². The van der Waals surface area contributed by atoms with Gasteiger partial charge in [0, 0.05) is 24.2 Å². The Hall–Kier alpha value is -3.26. The molecule has 0 saturated heterocycles. The second-order valence-corrected chi connectivity index (χ2v) is 4.94. The van der Waals surface area contributed by atoms with Crippen LogP contribution in [0.1, 0.15) is 22.0 Å². The number of hydrogen-bond acceptors (Lipinski definition) is 3. The van der Waals surface area contributed by atoms with E-state index in [1.54, 1.807) is 47.3 Å². The largest absolute Gasteiger partial charge is 0.321 e. The molecule has 0 aliphatic carbocycles. The van der Waals surface area contributed by atoms with Gasteiger partial charge in [-0.25, -0.2) is 4.39 Å². The summed E-state index contributed by atoms with van der Waals surface area (Å²) in [6.45, 7) is 0. The molecule has 4 nitrogen and oxygen atoms in total. The molecule has 0 unspecified atom stereocenters. The van der Waals surface area contributed by atoms with Crippen molar-refractivity contribution in [1.29, 1.82) is 5.26 Å². The minimum absolute atomic E-state index is 0.149. The Morgan fingerprint density at radius 2 is 1.96 bits per heavy atom. The molecule has 3 aromatic rings. The third kappa shape index (κ3) is 2.87. The smallest absolute Gasteiger partial charge is 0.186 e. The van der Waals surface area contributed by atoms with Crippen molar-refractivity contribution >= 4 is 5.78 Å². The number of hydrogen-bond donors (Lipinski definition) is 0. The van der Waals surface area contributed by atoms with Crippen LogP contribution in [0, 0.1) is 17.1 Å². The maximum absolute atomic E-state index is 14.3. The summed E-state index contributed by atoms with van der Waals surface area (Å²) >= 11 is 0. The molecule has 0 aliphatic heterocycles. The lowest BCUT2D eigenvalue weighted by Crippen LogP contribution is -2.13. The molecule has 5 heteroatoms. The van der Waals surface area contributed by atoms with Crippen LogP contribution in [0.3, 0.4) is 0 Å². The molecule has 2 heterocycles. The summed E-state index contributed by atoms with van der Waals surface area (Å²) in [6, 6.07) is 14.7. The number of carbonyl (C=O) groups is 1. The van der Waals surface area contributed by atoms with Gasteiger partial charge in [-0.3, -0.25) is 9.78 Å². The van der Waals surface area contributed by atoms with E-state index in [1.165, 1.54) is 18.3 Å². The Kier molecular flexibility index (Phi) is 3.98. The molecule has 0 N–H and O–H groups in total. The van der Waals surface area contributed by atoms with Crippen LogP contribution in [-0.4, -0.2) is 15.3 Å². The van der Waals surface area contributed by atoms with Gasteiger partial charge >= 0.3 is 0 Å². The Morgan fingerprint density at radius 3 is 2.57 bits per heavy atom. The number of Topliss-reactive ketones (excluding diaryl/α,β-unsaturated/α-hetero) is 1. The van der Waals surface area contributed by atoms with Crippen LogP contribution in [-0.2, 0) is 0 Å². The molecule has 0 amide bonds. The number of halogens is 1. The van der Waals surface area contributed by atoms with E-state index >= 15 is 0 Å². The number of carbonyl (C=O) groups excluding carboxylic acids is 1. The van der Waals surface area contributed by atoms with E-state index in [4.69, 9.17) is 0 Å². The Labute approximate surface area is 132 Å². The zero-order chi connectivity index (χ0) is 16.2. The van der Waals surface area contributed by atoms with Gasteiger partial charge in [0.25, 0.3) is 0 Å². The summed E-state index contributed by atoms with van der Waals surface area (Å²) in [5, 5.41) is 9.28. The summed E-state index contributed by atoms with van der Waals surface area (Å²) in [4.78, 5) is 16.5. The first kappa shape index (κ1) is 14.7. The summed E-state index contributed by atoms with van der Waals surface area (Å²) < 4.78 is 15.9. The highest BCUT2D eigenvalue weighted by Crippen LogP contribution is 2.21. The molecule has 23 heavy (non-hydrogen) atoms. The van der Waals surface area contributed by atoms with E-state index < -0.39 is 17.5 Å². The summed E-state index contributed by atoms with van der Waals surface area (Å²) in [6.07, 6.45) is 4.94. The highest BCUT2D eigenvalue weighted by atomic mass is 19.1. The van der Waals surface area contributed by atoms with E-state index in [-0.39, 0.29) is 5.56 Å². The van der Waals surface area contributed by atoms with Gasteiger partial charge in [-0.15, -0.1) is 0 Å². The Bertz CT molecular complexity index is 867. The van der Waals surface area contributed by atoms with Crippen LogP contribution in [0.15, 0.2) is 67.1 Å². The predicted octanol–water partition coefficient (Wildman–Crippen LogP) is 3.50. The lowest BCUT2D eigenvalue weighted by atomic mass is 9.95. The molecule has 0 aliphatic rings.